The van der Waals surface area contributed by atoms with Gasteiger partial charge in [0.15, 0.2) is 0 Å². The Labute approximate surface area is 139 Å². The van der Waals surface area contributed by atoms with E-state index in [1.165, 1.54) is 24.3 Å². The maximum Gasteiger partial charge on any atom is 0.336 e. The molecular weight excluding hydrogens is 306 g/mol. The Morgan fingerprint density at radius 2 is 1.79 bits per heavy atom. The van der Waals surface area contributed by atoms with Crippen LogP contribution in [-0.2, 0) is 9.59 Å². The van der Waals surface area contributed by atoms with Gasteiger partial charge in [-0.2, -0.15) is 5.26 Å². The van der Waals surface area contributed by atoms with Gasteiger partial charge in [-0.05, 0) is 23.8 Å². The van der Waals surface area contributed by atoms with Crippen molar-refractivity contribution < 1.29 is 19.1 Å². The maximum atomic E-state index is 11.8. The first kappa shape index (κ1) is 16.7. The Kier molecular flexibility index (Phi) is 5.65. The Morgan fingerprint density at radius 3 is 2.46 bits per heavy atom. The molecule has 2 aromatic rings. The van der Waals surface area contributed by atoms with Gasteiger partial charge in [0.2, 0.25) is 0 Å². The van der Waals surface area contributed by atoms with Crippen LogP contribution in [0.25, 0.3) is 6.08 Å². The summed E-state index contributed by atoms with van der Waals surface area (Å²) in [5.74, 6) is -1.02. The van der Waals surface area contributed by atoms with E-state index in [2.05, 4.69) is 6.58 Å². The fourth-order valence-electron chi connectivity index (χ4n) is 1.78. The van der Waals surface area contributed by atoms with E-state index in [0.29, 0.717) is 0 Å². The van der Waals surface area contributed by atoms with Crippen LogP contribution in [0.5, 0.6) is 11.5 Å². The number of hydrogen-bond donors (Lipinski definition) is 0. The first-order valence-corrected chi connectivity index (χ1v) is 6.95. The number of hydrogen-bond acceptors (Lipinski definition) is 5. The van der Waals surface area contributed by atoms with Crippen molar-refractivity contribution in [3.05, 3.63) is 78.4 Å². The van der Waals surface area contributed by atoms with Crippen LogP contribution < -0.4 is 9.47 Å². The van der Waals surface area contributed by atoms with Crippen molar-refractivity contribution in [1.82, 2.24) is 0 Å². The molecule has 24 heavy (non-hydrogen) atoms. The molecule has 0 unspecified atom stereocenters. The van der Waals surface area contributed by atoms with Crippen LogP contribution in [-0.4, -0.2) is 11.9 Å². The van der Waals surface area contributed by atoms with E-state index < -0.39 is 11.9 Å². The Hall–Kier alpha value is -3.65. The molecule has 0 spiro atoms. The van der Waals surface area contributed by atoms with Gasteiger partial charge in [-0.15, -0.1) is 0 Å². The Morgan fingerprint density at radius 1 is 1.04 bits per heavy atom. The molecule has 5 nitrogen and oxygen atoms in total. The van der Waals surface area contributed by atoms with Crippen molar-refractivity contribution in [3.63, 3.8) is 0 Å². The van der Waals surface area contributed by atoms with Crippen molar-refractivity contribution in [3.8, 4) is 17.6 Å². The molecule has 0 aliphatic carbocycles. The summed E-state index contributed by atoms with van der Waals surface area (Å²) in [4.78, 5) is 23.0. The number of carbonyl (C=O) groups excluding carboxylic acids is 2. The molecule has 0 saturated heterocycles. The highest BCUT2D eigenvalue weighted by molar-refractivity contribution is 5.89. The van der Waals surface area contributed by atoms with Crippen LogP contribution in [0.1, 0.15) is 11.1 Å². The predicted octanol–water partition coefficient (Wildman–Crippen LogP) is 3.27. The number of rotatable bonds is 5. The average Bonchev–Trinajstić information content (AvgIpc) is 2.62. The molecule has 0 bridgehead atoms. The zero-order valence-electron chi connectivity index (χ0n) is 12.6. The van der Waals surface area contributed by atoms with Gasteiger partial charge in [0.25, 0.3) is 0 Å². The zero-order chi connectivity index (χ0) is 17.4. The van der Waals surface area contributed by atoms with Crippen LogP contribution in [0.3, 0.4) is 0 Å². The van der Waals surface area contributed by atoms with Crippen LogP contribution in [0.4, 0.5) is 0 Å². The summed E-state index contributed by atoms with van der Waals surface area (Å²) >= 11 is 0. The highest BCUT2D eigenvalue weighted by atomic mass is 16.5. The van der Waals surface area contributed by atoms with E-state index in [4.69, 9.17) is 14.7 Å². The third-order valence-electron chi connectivity index (χ3n) is 2.88. The molecule has 0 amide bonds. The van der Waals surface area contributed by atoms with Crippen LogP contribution in [0, 0.1) is 11.3 Å². The van der Waals surface area contributed by atoms with Crippen LogP contribution >= 0.6 is 0 Å². The first-order chi connectivity index (χ1) is 11.6. The molecule has 0 saturated carbocycles. The third-order valence-corrected chi connectivity index (χ3v) is 2.88. The fraction of sp³-hybridized carbons (Fsp3) is 0. The zero-order valence-corrected chi connectivity index (χ0v) is 12.6. The molecule has 5 heteroatoms. The van der Waals surface area contributed by atoms with Gasteiger partial charge in [-0.3, -0.25) is 0 Å². The molecule has 0 aliphatic heterocycles. The quantitative estimate of drug-likeness (QED) is 0.480. The summed E-state index contributed by atoms with van der Waals surface area (Å²) in [5.41, 5.74) is 0.932. The third kappa shape index (κ3) is 4.68. The lowest BCUT2D eigenvalue weighted by molar-refractivity contribution is -0.130. The monoisotopic (exact) mass is 319 g/mol. The van der Waals surface area contributed by atoms with E-state index in [1.54, 1.807) is 6.08 Å². The van der Waals surface area contributed by atoms with E-state index in [1.807, 2.05) is 36.4 Å². The largest absolute Gasteiger partial charge is 0.423 e. The lowest BCUT2D eigenvalue weighted by atomic mass is 10.2. The minimum atomic E-state index is -0.679. The smallest absolute Gasteiger partial charge is 0.336 e. The number of carbonyl (C=O) groups is 2. The first-order valence-electron chi connectivity index (χ1n) is 6.95. The second kappa shape index (κ2) is 8.11. The standard InChI is InChI=1S/C19H13NO4/c1-2-18(21)24-17-10-9-16(12-15(17)13-20)23-19(22)11-8-14-6-4-3-5-7-14/h2-12H,1H2/b11-8+. The minimum Gasteiger partial charge on any atom is -0.423 e. The molecule has 0 N–H and O–H groups in total. The summed E-state index contributed by atoms with van der Waals surface area (Å²) in [6.07, 6.45) is 3.89. The SMILES string of the molecule is C=CC(=O)Oc1ccc(OC(=O)/C=C/c2ccccc2)cc1C#N. The van der Waals surface area contributed by atoms with Crippen molar-refractivity contribution in [1.29, 1.82) is 5.26 Å². The van der Waals surface area contributed by atoms with Crippen molar-refractivity contribution in [2.45, 2.75) is 0 Å². The van der Waals surface area contributed by atoms with Gasteiger partial charge in [0.1, 0.15) is 17.6 Å². The van der Waals surface area contributed by atoms with E-state index in [9.17, 15) is 9.59 Å². The molecule has 2 rings (SSSR count). The summed E-state index contributed by atoms with van der Waals surface area (Å²) in [5, 5.41) is 9.09. The summed E-state index contributed by atoms with van der Waals surface area (Å²) in [6, 6.07) is 15.3. The number of nitriles is 1. The van der Waals surface area contributed by atoms with Gasteiger partial charge in [-0.25, -0.2) is 9.59 Å². The van der Waals surface area contributed by atoms with Crippen molar-refractivity contribution >= 4 is 18.0 Å². The molecule has 0 heterocycles. The highest BCUT2D eigenvalue weighted by Gasteiger charge is 2.10. The van der Waals surface area contributed by atoms with Gasteiger partial charge in [0.05, 0.1) is 5.56 Å². The lowest BCUT2D eigenvalue weighted by Crippen LogP contribution is -2.06. The molecule has 0 fully saturated rings. The van der Waals surface area contributed by atoms with E-state index >= 15 is 0 Å². The van der Waals surface area contributed by atoms with Gasteiger partial charge < -0.3 is 9.47 Å². The summed E-state index contributed by atoms with van der Waals surface area (Å²) in [7, 11) is 0. The second-order valence-electron chi connectivity index (χ2n) is 4.56. The molecule has 2 aromatic carbocycles. The van der Waals surface area contributed by atoms with Crippen LogP contribution in [0.15, 0.2) is 67.3 Å². The molecule has 118 valence electrons. The lowest BCUT2D eigenvalue weighted by Gasteiger charge is -2.06. The van der Waals surface area contributed by atoms with Gasteiger partial charge >= 0.3 is 11.9 Å². The van der Waals surface area contributed by atoms with Crippen LogP contribution in [0.2, 0.25) is 0 Å². The Bertz CT molecular complexity index is 832. The molecule has 0 atom stereocenters. The van der Waals surface area contributed by atoms with E-state index in [-0.39, 0.29) is 17.1 Å². The molecule has 0 aliphatic rings. The average molecular weight is 319 g/mol. The topological polar surface area (TPSA) is 76.4 Å². The highest BCUT2D eigenvalue weighted by Crippen LogP contribution is 2.24. The predicted molar refractivity (Wildman–Crippen MR) is 88.1 cm³/mol. The normalized spacial score (nSPS) is 9.96. The maximum absolute atomic E-state index is 11.8. The number of benzene rings is 2. The van der Waals surface area contributed by atoms with Crippen molar-refractivity contribution in [2.24, 2.45) is 0 Å². The Balaban J connectivity index is 2.08. The summed E-state index contributed by atoms with van der Waals surface area (Å²) in [6.45, 7) is 3.28. The number of ether oxygens (including phenoxy) is 2. The van der Waals surface area contributed by atoms with Crippen molar-refractivity contribution in [2.75, 3.05) is 0 Å². The molecule has 0 radical (unpaired) electrons. The second-order valence-corrected chi connectivity index (χ2v) is 4.56. The van der Waals surface area contributed by atoms with Gasteiger partial charge in [-0.1, -0.05) is 36.9 Å². The van der Waals surface area contributed by atoms with Gasteiger partial charge in [0, 0.05) is 18.2 Å². The number of esters is 2. The minimum absolute atomic E-state index is 0.0713. The molecule has 0 aromatic heterocycles. The fourth-order valence-corrected chi connectivity index (χ4v) is 1.78. The summed E-state index contributed by atoms with van der Waals surface area (Å²) < 4.78 is 10.0. The number of nitrogens with zero attached hydrogens (tertiary/aromatic N) is 1. The molecular formula is C19H13NO4. The van der Waals surface area contributed by atoms with E-state index in [0.717, 1.165) is 11.6 Å².